The number of hydrogen-bond donors (Lipinski definition) is 2. The Kier molecular flexibility index (Phi) is 7.46. The van der Waals surface area contributed by atoms with Gasteiger partial charge in [0.2, 0.25) is 0 Å². The molecule has 0 spiro atoms. The Hall–Kier alpha value is -1.81. The normalized spacial score (nSPS) is 11.4. The number of aliphatic carboxylic acids is 1. The van der Waals surface area contributed by atoms with Gasteiger partial charge in [0, 0.05) is 20.2 Å². The van der Waals surface area contributed by atoms with Crippen LogP contribution in [-0.4, -0.2) is 54.9 Å². The van der Waals surface area contributed by atoms with Gasteiger partial charge in [0.15, 0.2) is 0 Å². The van der Waals surface area contributed by atoms with Gasteiger partial charge in [-0.15, -0.1) is 0 Å². The van der Waals surface area contributed by atoms with Crippen molar-refractivity contribution in [2.45, 2.75) is 19.4 Å². The number of carbonyl (C=O) groups excluding carboxylic acids is 1. The molecule has 1 unspecified atom stereocenters. The highest BCUT2D eigenvalue weighted by Crippen LogP contribution is 2.01. The second-order valence-electron chi connectivity index (χ2n) is 3.34. The van der Waals surface area contributed by atoms with Gasteiger partial charge < -0.3 is 20.1 Å². The summed E-state index contributed by atoms with van der Waals surface area (Å²) < 4.78 is 4.76. The molecular weight excluding hydrogens is 226 g/mol. The third kappa shape index (κ3) is 5.73. The van der Waals surface area contributed by atoms with Crippen LogP contribution in [0.3, 0.4) is 0 Å². The lowest BCUT2D eigenvalue weighted by atomic mass is 10.3. The molecule has 0 bridgehead atoms. The largest absolute Gasteiger partial charge is 0.480 e. The van der Waals surface area contributed by atoms with Crippen molar-refractivity contribution in [1.82, 2.24) is 10.2 Å². The van der Waals surface area contributed by atoms with Crippen molar-refractivity contribution < 1.29 is 19.4 Å². The molecule has 7 heteroatoms. The van der Waals surface area contributed by atoms with Crippen LogP contribution >= 0.6 is 0 Å². The Morgan fingerprint density at radius 3 is 2.71 bits per heavy atom. The van der Waals surface area contributed by atoms with Gasteiger partial charge >= 0.3 is 12.0 Å². The maximum absolute atomic E-state index is 11.7. The highest BCUT2D eigenvalue weighted by Gasteiger charge is 2.24. The van der Waals surface area contributed by atoms with E-state index in [0.29, 0.717) is 13.2 Å². The van der Waals surface area contributed by atoms with Crippen LogP contribution in [0.4, 0.5) is 4.79 Å². The number of urea groups is 1. The number of methoxy groups -OCH3 is 1. The van der Waals surface area contributed by atoms with E-state index in [1.54, 1.807) is 0 Å². The van der Waals surface area contributed by atoms with Crippen LogP contribution in [0.5, 0.6) is 0 Å². The first-order valence-electron chi connectivity index (χ1n) is 5.17. The highest BCUT2D eigenvalue weighted by atomic mass is 16.5. The van der Waals surface area contributed by atoms with Gasteiger partial charge in [0.25, 0.3) is 0 Å². The number of rotatable bonds is 7. The molecule has 0 heterocycles. The molecule has 0 aliphatic rings. The highest BCUT2D eigenvalue weighted by molar-refractivity contribution is 5.82. The molecule has 17 heavy (non-hydrogen) atoms. The lowest BCUT2D eigenvalue weighted by molar-refractivity contribution is -0.141. The van der Waals surface area contributed by atoms with Crippen LogP contribution in [0.25, 0.3) is 0 Å². The molecule has 2 amide bonds. The van der Waals surface area contributed by atoms with Crippen LogP contribution in [0.15, 0.2) is 0 Å². The number of ether oxygens (including phenoxy) is 1. The monoisotopic (exact) mass is 243 g/mol. The molecule has 96 valence electrons. The van der Waals surface area contributed by atoms with Crippen LogP contribution in [0.1, 0.15) is 13.3 Å². The molecule has 0 saturated heterocycles. The second kappa shape index (κ2) is 8.35. The van der Waals surface area contributed by atoms with E-state index < -0.39 is 18.0 Å². The first-order valence-corrected chi connectivity index (χ1v) is 5.17. The van der Waals surface area contributed by atoms with Crippen molar-refractivity contribution in [2.24, 2.45) is 0 Å². The van der Waals surface area contributed by atoms with E-state index in [4.69, 9.17) is 15.1 Å². The van der Waals surface area contributed by atoms with Crippen molar-refractivity contribution in [2.75, 3.05) is 26.8 Å². The third-order valence-corrected chi connectivity index (χ3v) is 2.13. The van der Waals surface area contributed by atoms with Gasteiger partial charge in [-0.1, -0.05) is 0 Å². The van der Waals surface area contributed by atoms with Gasteiger partial charge in [-0.2, -0.15) is 5.26 Å². The molecule has 0 saturated carbocycles. The quantitative estimate of drug-likeness (QED) is 0.614. The maximum atomic E-state index is 11.7. The zero-order chi connectivity index (χ0) is 13.3. The van der Waals surface area contributed by atoms with E-state index in [0.717, 1.165) is 4.90 Å². The van der Waals surface area contributed by atoms with Gasteiger partial charge in [0.1, 0.15) is 6.04 Å². The predicted molar refractivity (Wildman–Crippen MR) is 59.3 cm³/mol. The lowest BCUT2D eigenvalue weighted by Crippen LogP contribution is -2.49. The molecule has 0 aliphatic heterocycles. The van der Waals surface area contributed by atoms with Crippen LogP contribution in [0.2, 0.25) is 0 Å². The summed E-state index contributed by atoms with van der Waals surface area (Å²) in [5, 5.41) is 19.8. The fraction of sp³-hybridized carbons (Fsp3) is 0.700. The fourth-order valence-corrected chi connectivity index (χ4v) is 1.14. The fourth-order valence-electron chi connectivity index (χ4n) is 1.14. The summed E-state index contributed by atoms with van der Waals surface area (Å²) in [5.74, 6) is -1.11. The number of amides is 2. The minimum atomic E-state index is -1.11. The summed E-state index contributed by atoms with van der Waals surface area (Å²) in [5.41, 5.74) is 0. The van der Waals surface area contributed by atoms with E-state index in [2.05, 4.69) is 5.32 Å². The van der Waals surface area contributed by atoms with Gasteiger partial charge in [0.05, 0.1) is 19.1 Å². The molecule has 0 aromatic rings. The Morgan fingerprint density at radius 1 is 1.59 bits per heavy atom. The zero-order valence-electron chi connectivity index (χ0n) is 9.97. The molecule has 0 aliphatic carbocycles. The molecule has 0 aromatic heterocycles. The summed E-state index contributed by atoms with van der Waals surface area (Å²) in [7, 11) is 1.50. The molecule has 7 nitrogen and oxygen atoms in total. The molecular formula is C10H17N3O4. The van der Waals surface area contributed by atoms with Gasteiger partial charge in [-0.3, -0.25) is 0 Å². The smallest absolute Gasteiger partial charge is 0.326 e. The van der Waals surface area contributed by atoms with E-state index in [9.17, 15) is 9.59 Å². The predicted octanol–water partition coefficient (Wildman–Crippen LogP) is 0.0312. The SMILES string of the molecule is COCCNC(=O)N(CCC#N)C(C)C(=O)O. The van der Waals surface area contributed by atoms with Crippen molar-refractivity contribution in [1.29, 1.82) is 5.26 Å². The Bertz CT molecular complexity index is 300. The number of carboxylic acid groups (broad SMARTS) is 1. The van der Waals surface area contributed by atoms with Crippen molar-refractivity contribution >= 4 is 12.0 Å². The average Bonchev–Trinajstić information content (AvgIpc) is 2.29. The Labute approximate surface area is 100.0 Å². The van der Waals surface area contributed by atoms with E-state index >= 15 is 0 Å². The standard InChI is InChI=1S/C10H17N3O4/c1-8(9(14)15)13(6-3-4-11)10(16)12-5-7-17-2/h8H,3,5-7H2,1-2H3,(H,12,16)(H,14,15). The third-order valence-electron chi connectivity index (χ3n) is 2.13. The molecule has 1 atom stereocenters. The zero-order valence-corrected chi connectivity index (χ0v) is 9.97. The first-order chi connectivity index (χ1) is 8.04. The minimum Gasteiger partial charge on any atom is -0.480 e. The van der Waals surface area contributed by atoms with E-state index in [-0.39, 0.29) is 13.0 Å². The van der Waals surface area contributed by atoms with Crippen LogP contribution < -0.4 is 5.32 Å². The number of carbonyl (C=O) groups is 2. The van der Waals surface area contributed by atoms with Crippen molar-refractivity contribution in [3.63, 3.8) is 0 Å². The number of nitrogens with zero attached hydrogens (tertiary/aromatic N) is 2. The molecule has 0 radical (unpaired) electrons. The summed E-state index contributed by atoms with van der Waals surface area (Å²) >= 11 is 0. The number of nitriles is 1. The molecule has 0 rings (SSSR count). The second-order valence-corrected chi connectivity index (χ2v) is 3.34. The van der Waals surface area contributed by atoms with Gasteiger partial charge in [-0.25, -0.2) is 9.59 Å². The molecule has 0 aromatic carbocycles. The summed E-state index contributed by atoms with van der Waals surface area (Å²) in [6.07, 6.45) is 0.0926. The van der Waals surface area contributed by atoms with Crippen molar-refractivity contribution in [3.8, 4) is 6.07 Å². The number of carboxylic acids is 1. The number of nitrogens with one attached hydrogen (secondary N) is 1. The van der Waals surface area contributed by atoms with Crippen molar-refractivity contribution in [3.05, 3.63) is 0 Å². The summed E-state index contributed by atoms with van der Waals surface area (Å²) in [6.45, 7) is 2.13. The summed E-state index contributed by atoms with van der Waals surface area (Å²) in [6, 6.07) is 0.401. The van der Waals surface area contributed by atoms with E-state index in [1.807, 2.05) is 6.07 Å². The minimum absolute atomic E-state index is 0.0861. The van der Waals surface area contributed by atoms with Crippen LogP contribution in [0, 0.1) is 11.3 Å². The molecule has 2 N–H and O–H groups in total. The first kappa shape index (κ1) is 15.2. The maximum Gasteiger partial charge on any atom is 0.326 e. The Morgan fingerprint density at radius 2 is 2.24 bits per heavy atom. The molecule has 0 fully saturated rings. The Balaban J connectivity index is 4.40. The topological polar surface area (TPSA) is 103 Å². The van der Waals surface area contributed by atoms with Gasteiger partial charge in [-0.05, 0) is 6.92 Å². The van der Waals surface area contributed by atoms with E-state index in [1.165, 1.54) is 14.0 Å². The van der Waals surface area contributed by atoms with Crippen LogP contribution in [-0.2, 0) is 9.53 Å². The lowest BCUT2D eigenvalue weighted by Gasteiger charge is -2.25. The summed E-state index contributed by atoms with van der Waals surface area (Å²) in [4.78, 5) is 23.6. The number of hydrogen-bond acceptors (Lipinski definition) is 4. The average molecular weight is 243 g/mol.